The Morgan fingerprint density at radius 3 is 2.74 bits per heavy atom. The van der Waals surface area contributed by atoms with E-state index in [4.69, 9.17) is 4.74 Å². The zero-order valence-corrected chi connectivity index (χ0v) is 14.8. The predicted molar refractivity (Wildman–Crippen MR) is 94.2 cm³/mol. The molecule has 27 heavy (non-hydrogen) atoms. The number of nitrogens with one attached hydrogen (secondary N) is 1. The monoisotopic (exact) mass is 372 g/mol. The minimum Gasteiger partial charge on any atom is -0.439 e. The van der Waals surface area contributed by atoms with Crippen molar-refractivity contribution in [2.75, 3.05) is 0 Å². The summed E-state index contributed by atoms with van der Waals surface area (Å²) in [5.74, 6) is -1.11. The molecule has 8 heteroatoms. The lowest BCUT2D eigenvalue weighted by molar-refractivity contribution is -0.124. The summed E-state index contributed by atoms with van der Waals surface area (Å²) in [7, 11) is 0. The number of carbonyl (C=O) groups is 1. The van der Waals surface area contributed by atoms with Crippen LogP contribution in [0.5, 0.6) is 11.6 Å². The van der Waals surface area contributed by atoms with Crippen LogP contribution in [-0.4, -0.2) is 20.4 Å². The number of nitrogens with zero attached hydrogens (tertiary/aromatic N) is 3. The molecule has 0 fully saturated rings. The lowest BCUT2D eigenvalue weighted by Gasteiger charge is -2.16. The second-order valence-electron chi connectivity index (χ2n) is 5.92. The second-order valence-corrected chi connectivity index (χ2v) is 5.92. The van der Waals surface area contributed by atoms with Crippen LogP contribution in [0.2, 0.25) is 0 Å². The summed E-state index contributed by atoms with van der Waals surface area (Å²) in [4.78, 5) is 20.6. The number of halogens is 2. The molecular formula is C19H18F2N4O2. The fourth-order valence-corrected chi connectivity index (χ4v) is 2.56. The van der Waals surface area contributed by atoms with Crippen molar-refractivity contribution < 1.29 is 18.3 Å². The highest BCUT2D eigenvalue weighted by Gasteiger charge is 2.17. The first-order valence-corrected chi connectivity index (χ1v) is 8.29. The maximum absolute atomic E-state index is 13.4. The summed E-state index contributed by atoms with van der Waals surface area (Å²) in [6.45, 7) is 3.76. The fraction of sp³-hybridized carbons (Fsp3) is 0.211. The van der Waals surface area contributed by atoms with Gasteiger partial charge in [-0.3, -0.25) is 4.79 Å². The molecule has 1 aromatic carbocycles. The molecule has 0 bridgehead atoms. The van der Waals surface area contributed by atoms with Gasteiger partial charge in [0.05, 0.1) is 0 Å². The van der Waals surface area contributed by atoms with Crippen molar-refractivity contribution in [2.45, 2.75) is 26.4 Å². The number of aryl methyl sites for hydroxylation is 1. The van der Waals surface area contributed by atoms with Crippen LogP contribution in [0.3, 0.4) is 0 Å². The number of benzene rings is 1. The number of aromatic nitrogens is 3. The highest BCUT2D eigenvalue weighted by atomic mass is 19.2. The number of hydrogen-bond acceptors (Lipinski definition) is 4. The van der Waals surface area contributed by atoms with Crippen LogP contribution < -0.4 is 10.1 Å². The van der Waals surface area contributed by atoms with E-state index in [2.05, 4.69) is 15.3 Å². The maximum atomic E-state index is 13.4. The molecule has 2 aromatic heterocycles. The number of pyridine rings is 1. The lowest BCUT2D eigenvalue weighted by atomic mass is 10.2. The van der Waals surface area contributed by atoms with Crippen LogP contribution in [0.1, 0.15) is 24.4 Å². The van der Waals surface area contributed by atoms with Crippen molar-refractivity contribution in [1.82, 2.24) is 19.9 Å². The number of carbonyl (C=O) groups excluding carboxylic acids is 1. The van der Waals surface area contributed by atoms with Gasteiger partial charge in [-0.2, -0.15) is 0 Å². The van der Waals surface area contributed by atoms with E-state index < -0.39 is 17.7 Å². The van der Waals surface area contributed by atoms with E-state index in [0.29, 0.717) is 5.56 Å². The molecule has 6 nitrogen and oxygen atoms in total. The van der Waals surface area contributed by atoms with Crippen LogP contribution in [0.4, 0.5) is 8.78 Å². The number of amides is 1. The van der Waals surface area contributed by atoms with E-state index in [1.54, 1.807) is 36.0 Å². The zero-order valence-electron chi connectivity index (χ0n) is 14.8. The fourth-order valence-electron chi connectivity index (χ4n) is 2.56. The van der Waals surface area contributed by atoms with E-state index in [-0.39, 0.29) is 24.1 Å². The predicted octanol–water partition coefficient (Wildman–Crippen LogP) is 3.53. The average molecular weight is 372 g/mol. The molecule has 0 aliphatic rings. The first-order valence-electron chi connectivity index (χ1n) is 8.29. The van der Waals surface area contributed by atoms with Crippen molar-refractivity contribution in [2.24, 2.45) is 0 Å². The number of imidazole rings is 1. The van der Waals surface area contributed by atoms with E-state index in [1.165, 1.54) is 12.3 Å². The van der Waals surface area contributed by atoms with Gasteiger partial charge in [-0.05, 0) is 32.0 Å². The van der Waals surface area contributed by atoms with Gasteiger partial charge in [-0.1, -0.05) is 6.07 Å². The summed E-state index contributed by atoms with van der Waals surface area (Å²) < 4.78 is 33.7. The molecule has 0 radical (unpaired) electrons. The van der Waals surface area contributed by atoms with E-state index in [1.807, 2.05) is 6.92 Å². The second kappa shape index (κ2) is 7.94. The van der Waals surface area contributed by atoms with Gasteiger partial charge in [0.15, 0.2) is 11.6 Å². The molecule has 1 atom stereocenters. The van der Waals surface area contributed by atoms with Gasteiger partial charge in [0, 0.05) is 36.8 Å². The molecule has 0 spiro atoms. The van der Waals surface area contributed by atoms with Crippen LogP contribution in [0, 0.1) is 18.6 Å². The number of ether oxygens (including phenoxy) is 1. The Bertz CT molecular complexity index is 958. The normalized spacial score (nSPS) is 11.9. The van der Waals surface area contributed by atoms with Crippen molar-refractivity contribution >= 4 is 5.91 Å². The Labute approximate surface area is 154 Å². The van der Waals surface area contributed by atoms with Gasteiger partial charge in [0.2, 0.25) is 11.8 Å². The molecule has 0 saturated heterocycles. The van der Waals surface area contributed by atoms with E-state index in [0.717, 1.165) is 18.0 Å². The molecule has 0 saturated carbocycles. The molecule has 1 N–H and O–H groups in total. The van der Waals surface area contributed by atoms with Gasteiger partial charge in [-0.15, -0.1) is 0 Å². The summed E-state index contributed by atoms with van der Waals surface area (Å²) in [6.07, 6.45) is 4.88. The van der Waals surface area contributed by atoms with Crippen molar-refractivity contribution in [1.29, 1.82) is 0 Å². The smallest absolute Gasteiger partial charge is 0.243 e. The summed E-state index contributed by atoms with van der Waals surface area (Å²) in [5, 5.41) is 2.82. The lowest BCUT2D eigenvalue weighted by Crippen LogP contribution is -2.31. The third-order valence-electron chi connectivity index (χ3n) is 4.07. The topological polar surface area (TPSA) is 69.0 Å². The Hall–Kier alpha value is -3.29. The summed E-state index contributed by atoms with van der Waals surface area (Å²) in [5.41, 5.74) is 0.602. The highest BCUT2D eigenvalue weighted by Crippen LogP contribution is 2.24. The molecule has 0 aliphatic heterocycles. The van der Waals surface area contributed by atoms with Crippen LogP contribution in [-0.2, 0) is 11.3 Å². The minimum atomic E-state index is -1.01. The maximum Gasteiger partial charge on any atom is 0.243 e. The molecule has 1 amide bonds. The van der Waals surface area contributed by atoms with Gasteiger partial charge in [-0.25, -0.2) is 18.7 Å². The Kier molecular flexibility index (Phi) is 5.44. The number of hydrogen-bond donors (Lipinski definition) is 1. The Morgan fingerprint density at radius 2 is 2.04 bits per heavy atom. The van der Waals surface area contributed by atoms with Crippen LogP contribution in [0.25, 0.3) is 0 Å². The van der Waals surface area contributed by atoms with Gasteiger partial charge < -0.3 is 14.6 Å². The third-order valence-corrected chi connectivity index (χ3v) is 4.07. The molecule has 3 aromatic rings. The van der Waals surface area contributed by atoms with Crippen molar-refractivity contribution in [3.05, 3.63) is 71.9 Å². The molecule has 140 valence electrons. The SMILES string of the molecule is Cc1nccn1[C@H](C)C(=O)NCc1cccnc1Oc1ccc(F)c(F)c1. The quantitative estimate of drug-likeness (QED) is 0.719. The van der Waals surface area contributed by atoms with Gasteiger partial charge in [0.25, 0.3) is 0 Å². The minimum absolute atomic E-state index is 0.114. The van der Waals surface area contributed by atoms with Crippen molar-refractivity contribution in [3.63, 3.8) is 0 Å². The summed E-state index contributed by atoms with van der Waals surface area (Å²) >= 11 is 0. The molecule has 2 heterocycles. The van der Waals surface area contributed by atoms with Gasteiger partial charge >= 0.3 is 0 Å². The molecule has 0 aliphatic carbocycles. The Morgan fingerprint density at radius 1 is 1.22 bits per heavy atom. The highest BCUT2D eigenvalue weighted by molar-refractivity contribution is 5.80. The molecular weight excluding hydrogens is 354 g/mol. The molecule has 0 unspecified atom stereocenters. The van der Waals surface area contributed by atoms with Crippen LogP contribution in [0.15, 0.2) is 48.9 Å². The standard InChI is InChI=1S/C19H18F2N4O2/c1-12(25-9-8-22-13(25)2)18(26)24-11-14-4-3-7-23-19(14)27-15-5-6-16(20)17(21)10-15/h3-10,12H,11H2,1-2H3,(H,24,26)/t12-/m1/s1. The van der Waals surface area contributed by atoms with Crippen molar-refractivity contribution in [3.8, 4) is 11.6 Å². The third kappa shape index (κ3) is 4.28. The summed E-state index contributed by atoms with van der Waals surface area (Å²) in [6, 6.07) is 6.22. The van der Waals surface area contributed by atoms with Gasteiger partial charge in [0.1, 0.15) is 17.6 Å². The zero-order chi connectivity index (χ0) is 19.4. The Balaban J connectivity index is 1.69. The van der Waals surface area contributed by atoms with E-state index >= 15 is 0 Å². The first kappa shape index (κ1) is 18.5. The molecule has 3 rings (SSSR count). The first-order chi connectivity index (χ1) is 13.0. The largest absolute Gasteiger partial charge is 0.439 e. The number of rotatable bonds is 6. The van der Waals surface area contributed by atoms with Crippen LogP contribution >= 0.6 is 0 Å². The van der Waals surface area contributed by atoms with E-state index in [9.17, 15) is 13.6 Å². The average Bonchev–Trinajstić information content (AvgIpc) is 3.09.